The molecule has 0 saturated heterocycles. The van der Waals surface area contributed by atoms with E-state index in [1.54, 1.807) is 26.0 Å². The van der Waals surface area contributed by atoms with Crippen molar-refractivity contribution >= 4 is 23.5 Å². The third kappa shape index (κ3) is 3.90. The molecule has 0 saturated carbocycles. The minimum absolute atomic E-state index is 0.307. The van der Waals surface area contributed by atoms with Crippen molar-refractivity contribution < 1.29 is 13.6 Å². The SMILES string of the molecule is CCOP(=O)(OCC)[C@H](N)c1ccc(Br)cc1. The lowest BCUT2D eigenvalue weighted by atomic mass is 10.2. The topological polar surface area (TPSA) is 61.5 Å². The Hall–Kier alpha value is -0.190. The van der Waals surface area contributed by atoms with Crippen LogP contribution in [0.4, 0.5) is 0 Å². The van der Waals surface area contributed by atoms with Gasteiger partial charge in [-0.1, -0.05) is 28.1 Å². The van der Waals surface area contributed by atoms with Gasteiger partial charge in [0.05, 0.1) is 13.2 Å². The van der Waals surface area contributed by atoms with Crippen LogP contribution in [0.5, 0.6) is 0 Å². The first kappa shape index (κ1) is 14.9. The van der Waals surface area contributed by atoms with Crippen LogP contribution in [-0.2, 0) is 13.6 Å². The van der Waals surface area contributed by atoms with Crippen LogP contribution in [0.1, 0.15) is 25.2 Å². The van der Waals surface area contributed by atoms with Crippen LogP contribution in [-0.4, -0.2) is 13.2 Å². The summed E-state index contributed by atoms with van der Waals surface area (Å²) >= 11 is 3.33. The summed E-state index contributed by atoms with van der Waals surface area (Å²) in [7, 11) is -3.28. The summed E-state index contributed by atoms with van der Waals surface area (Å²) in [5, 5.41) is 0. The summed E-state index contributed by atoms with van der Waals surface area (Å²) in [4.78, 5) is 0. The Morgan fingerprint density at radius 2 is 1.71 bits per heavy atom. The minimum atomic E-state index is -3.28. The largest absolute Gasteiger partial charge is 0.351 e. The van der Waals surface area contributed by atoms with Crippen molar-refractivity contribution in [3.8, 4) is 0 Å². The molecule has 0 spiro atoms. The average molecular weight is 322 g/mol. The van der Waals surface area contributed by atoms with E-state index in [4.69, 9.17) is 14.8 Å². The van der Waals surface area contributed by atoms with Crippen LogP contribution in [0.2, 0.25) is 0 Å². The molecule has 17 heavy (non-hydrogen) atoms. The maximum atomic E-state index is 12.4. The highest BCUT2D eigenvalue weighted by molar-refractivity contribution is 9.10. The number of halogens is 1. The number of hydrogen-bond acceptors (Lipinski definition) is 4. The van der Waals surface area contributed by atoms with E-state index in [-0.39, 0.29) is 0 Å². The third-order valence-corrected chi connectivity index (χ3v) is 4.91. The molecule has 1 aromatic carbocycles. The second-order valence-corrected chi connectivity index (χ2v) is 6.44. The van der Waals surface area contributed by atoms with Gasteiger partial charge < -0.3 is 14.8 Å². The molecule has 0 bridgehead atoms. The lowest BCUT2D eigenvalue weighted by Crippen LogP contribution is -2.14. The van der Waals surface area contributed by atoms with Crippen molar-refractivity contribution in [1.82, 2.24) is 0 Å². The zero-order valence-electron chi connectivity index (χ0n) is 9.93. The highest BCUT2D eigenvalue weighted by Gasteiger charge is 2.33. The highest BCUT2D eigenvalue weighted by atomic mass is 79.9. The lowest BCUT2D eigenvalue weighted by molar-refractivity contribution is 0.212. The molecule has 0 aliphatic heterocycles. The third-order valence-electron chi connectivity index (χ3n) is 2.17. The molecule has 1 aromatic rings. The van der Waals surface area contributed by atoms with Crippen molar-refractivity contribution in [3.05, 3.63) is 34.3 Å². The van der Waals surface area contributed by atoms with E-state index in [1.807, 2.05) is 12.1 Å². The summed E-state index contributed by atoms with van der Waals surface area (Å²) in [6.45, 7) is 4.14. The molecular weight excluding hydrogens is 305 g/mol. The summed E-state index contributed by atoms with van der Waals surface area (Å²) in [6.07, 6.45) is 0. The monoisotopic (exact) mass is 321 g/mol. The van der Waals surface area contributed by atoms with E-state index in [9.17, 15) is 4.57 Å². The van der Waals surface area contributed by atoms with Gasteiger partial charge in [-0.25, -0.2) is 0 Å². The van der Waals surface area contributed by atoms with Gasteiger partial charge in [-0.15, -0.1) is 0 Å². The van der Waals surface area contributed by atoms with Gasteiger partial charge in [0.15, 0.2) is 0 Å². The second-order valence-electron chi connectivity index (χ2n) is 3.37. The Balaban J connectivity index is 2.95. The first-order valence-electron chi connectivity index (χ1n) is 5.43. The molecule has 0 amide bonds. The molecule has 0 fully saturated rings. The molecule has 0 aliphatic rings. The van der Waals surface area contributed by atoms with Crippen molar-refractivity contribution in [2.75, 3.05) is 13.2 Å². The van der Waals surface area contributed by atoms with Crippen molar-refractivity contribution in [3.63, 3.8) is 0 Å². The van der Waals surface area contributed by atoms with Gasteiger partial charge in [-0.2, -0.15) is 0 Å². The number of nitrogens with two attached hydrogens (primary N) is 1. The van der Waals surface area contributed by atoms with Gasteiger partial charge in [0, 0.05) is 4.47 Å². The molecule has 0 aliphatic carbocycles. The molecule has 0 aromatic heterocycles. The van der Waals surface area contributed by atoms with Gasteiger partial charge in [-0.3, -0.25) is 4.57 Å². The second kappa shape index (κ2) is 6.66. The van der Waals surface area contributed by atoms with Crippen LogP contribution in [0.3, 0.4) is 0 Å². The van der Waals surface area contributed by atoms with E-state index >= 15 is 0 Å². The fourth-order valence-electron chi connectivity index (χ4n) is 1.40. The standard InChI is InChI=1S/C11H17BrNO3P/c1-3-15-17(14,16-4-2)11(13)9-5-7-10(12)8-6-9/h5-8,11H,3-4,13H2,1-2H3/t11-/m0/s1. The van der Waals surface area contributed by atoms with Gasteiger partial charge >= 0.3 is 7.60 Å². The Kier molecular flexibility index (Phi) is 5.83. The van der Waals surface area contributed by atoms with E-state index in [0.717, 1.165) is 10.0 Å². The first-order chi connectivity index (χ1) is 8.03. The zero-order valence-corrected chi connectivity index (χ0v) is 12.4. The highest BCUT2D eigenvalue weighted by Crippen LogP contribution is 2.58. The Labute approximate surface area is 110 Å². The normalized spacial score (nSPS) is 13.6. The quantitative estimate of drug-likeness (QED) is 0.812. The van der Waals surface area contributed by atoms with Gasteiger partial charge in [0.25, 0.3) is 0 Å². The molecule has 1 atom stereocenters. The van der Waals surface area contributed by atoms with Crippen LogP contribution in [0, 0.1) is 0 Å². The molecule has 0 radical (unpaired) electrons. The molecule has 0 unspecified atom stereocenters. The average Bonchev–Trinajstić information content (AvgIpc) is 2.30. The van der Waals surface area contributed by atoms with Crippen molar-refractivity contribution in [2.45, 2.75) is 19.6 Å². The molecule has 4 nitrogen and oxygen atoms in total. The maximum absolute atomic E-state index is 12.4. The zero-order chi connectivity index (χ0) is 12.9. The van der Waals surface area contributed by atoms with E-state index in [0.29, 0.717) is 13.2 Å². The van der Waals surface area contributed by atoms with Crippen LogP contribution in [0.15, 0.2) is 28.7 Å². The molecule has 2 N–H and O–H groups in total. The van der Waals surface area contributed by atoms with Gasteiger partial charge in [-0.05, 0) is 31.5 Å². The Morgan fingerprint density at radius 1 is 1.24 bits per heavy atom. The summed E-state index contributed by atoms with van der Waals surface area (Å²) in [5.41, 5.74) is 6.70. The fourth-order valence-corrected chi connectivity index (χ4v) is 3.32. The molecule has 1 rings (SSSR count). The van der Waals surface area contributed by atoms with E-state index < -0.39 is 13.4 Å². The van der Waals surface area contributed by atoms with Gasteiger partial charge in [0.1, 0.15) is 5.78 Å². The molecule has 6 heteroatoms. The van der Waals surface area contributed by atoms with Crippen molar-refractivity contribution in [1.29, 1.82) is 0 Å². The number of benzene rings is 1. The molecular formula is C11H17BrNO3P. The smallest absolute Gasteiger partial charge is 0.314 e. The predicted molar refractivity (Wildman–Crippen MR) is 71.9 cm³/mol. The van der Waals surface area contributed by atoms with Crippen LogP contribution in [0.25, 0.3) is 0 Å². The summed E-state index contributed by atoms with van der Waals surface area (Å²) in [5.74, 6) is -0.754. The van der Waals surface area contributed by atoms with Gasteiger partial charge in [0.2, 0.25) is 0 Å². The van der Waals surface area contributed by atoms with Crippen LogP contribution < -0.4 is 5.73 Å². The lowest BCUT2D eigenvalue weighted by Gasteiger charge is -2.23. The Bertz CT molecular complexity index is 386. The van der Waals surface area contributed by atoms with E-state index in [2.05, 4.69) is 15.9 Å². The first-order valence-corrected chi connectivity index (χ1v) is 7.83. The Morgan fingerprint density at radius 3 is 2.12 bits per heavy atom. The predicted octanol–water partition coefficient (Wildman–Crippen LogP) is 3.67. The minimum Gasteiger partial charge on any atom is -0.314 e. The molecule has 0 heterocycles. The fraction of sp³-hybridized carbons (Fsp3) is 0.455. The number of hydrogen-bond donors (Lipinski definition) is 1. The molecule has 96 valence electrons. The number of rotatable bonds is 6. The maximum Gasteiger partial charge on any atom is 0.351 e. The van der Waals surface area contributed by atoms with E-state index in [1.165, 1.54) is 0 Å². The summed E-state index contributed by atoms with van der Waals surface area (Å²) in [6, 6.07) is 7.30. The van der Waals surface area contributed by atoms with Crippen molar-refractivity contribution in [2.24, 2.45) is 5.73 Å². The van der Waals surface area contributed by atoms with Crippen LogP contribution >= 0.6 is 23.5 Å². The summed E-state index contributed by atoms with van der Waals surface area (Å²) < 4.78 is 23.8.